The summed E-state index contributed by atoms with van der Waals surface area (Å²) in [7, 11) is 0. The van der Waals surface area contributed by atoms with Crippen LogP contribution >= 0.6 is 0 Å². The van der Waals surface area contributed by atoms with E-state index in [9.17, 15) is 0 Å². The summed E-state index contributed by atoms with van der Waals surface area (Å²) in [4.78, 5) is 0. The molecule has 60 valence electrons. The van der Waals surface area contributed by atoms with Crippen LogP contribution in [0, 0.1) is 0 Å². The fourth-order valence-corrected chi connectivity index (χ4v) is 0.592. The molecule has 5 N–H and O–H groups in total. The second-order valence-electron chi connectivity index (χ2n) is 2.05. The summed E-state index contributed by atoms with van der Waals surface area (Å²) in [6, 6.07) is 0. The third-order valence-corrected chi connectivity index (χ3v) is 1.12. The summed E-state index contributed by atoms with van der Waals surface area (Å²) in [5, 5.41) is 3.20. The molecule has 0 bridgehead atoms. The fraction of sp³-hybridized carbons (Fsp3) is 0.714. The van der Waals surface area contributed by atoms with Gasteiger partial charge in [0.2, 0.25) is 0 Å². The second kappa shape index (κ2) is 8.62. The lowest BCUT2D eigenvalue weighted by Crippen LogP contribution is -2.18. The van der Waals surface area contributed by atoms with Crippen LogP contribution in [0.4, 0.5) is 0 Å². The molecule has 0 radical (unpaired) electrons. The highest BCUT2D eigenvalue weighted by atomic mass is 14.8. The average molecular weight is 143 g/mol. The van der Waals surface area contributed by atoms with Crippen LogP contribution in [0.2, 0.25) is 0 Å². The zero-order valence-corrected chi connectivity index (χ0v) is 6.34. The molecule has 0 aromatic heterocycles. The summed E-state index contributed by atoms with van der Waals surface area (Å²) in [6.45, 7) is 3.27. The summed E-state index contributed by atoms with van der Waals surface area (Å²) >= 11 is 0. The number of nitrogens with one attached hydrogen (secondary N) is 1. The van der Waals surface area contributed by atoms with E-state index in [-0.39, 0.29) is 0 Å². The normalized spacial score (nSPS) is 11.0. The molecule has 0 unspecified atom stereocenters. The lowest BCUT2D eigenvalue weighted by atomic mass is 10.4. The van der Waals surface area contributed by atoms with Crippen molar-refractivity contribution in [1.29, 1.82) is 0 Å². The van der Waals surface area contributed by atoms with Crippen molar-refractivity contribution in [2.75, 3.05) is 26.2 Å². The topological polar surface area (TPSA) is 64.1 Å². The lowest BCUT2D eigenvalue weighted by Gasteiger charge is -1.97. The van der Waals surface area contributed by atoms with Gasteiger partial charge in [0.1, 0.15) is 0 Å². The molecule has 0 saturated heterocycles. The van der Waals surface area contributed by atoms with Crippen LogP contribution in [0.15, 0.2) is 12.2 Å². The number of hydrogen-bond donors (Lipinski definition) is 3. The molecule has 0 rings (SSSR count). The van der Waals surface area contributed by atoms with E-state index in [1.54, 1.807) is 0 Å². The van der Waals surface area contributed by atoms with E-state index < -0.39 is 0 Å². The monoisotopic (exact) mass is 143 g/mol. The molecular formula is C7H17N3. The van der Waals surface area contributed by atoms with Gasteiger partial charge in [-0.3, -0.25) is 0 Å². The summed E-state index contributed by atoms with van der Waals surface area (Å²) < 4.78 is 0. The van der Waals surface area contributed by atoms with Gasteiger partial charge < -0.3 is 16.8 Å². The van der Waals surface area contributed by atoms with Crippen LogP contribution in [0.25, 0.3) is 0 Å². The maximum Gasteiger partial charge on any atom is 0.0135 e. The molecule has 3 nitrogen and oxygen atoms in total. The molecule has 3 heteroatoms. The Bertz CT molecular complexity index is 80.9. The molecule has 0 fully saturated rings. The Morgan fingerprint density at radius 1 is 1.20 bits per heavy atom. The van der Waals surface area contributed by atoms with Crippen molar-refractivity contribution in [1.82, 2.24) is 5.32 Å². The number of rotatable bonds is 6. The maximum absolute atomic E-state index is 5.29. The van der Waals surface area contributed by atoms with E-state index in [1.807, 2.05) is 12.2 Å². The molecule has 10 heavy (non-hydrogen) atoms. The zero-order valence-electron chi connectivity index (χ0n) is 6.34. The molecule has 0 atom stereocenters. The van der Waals surface area contributed by atoms with Gasteiger partial charge in [-0.15, -0.1) is 0 Å². The van der Waals surface area contributed by atoms with Crippen molar-refractivity contribution in [3.63, 3.8) is 0 Å². The summed E-state index contributed by atoms with van der Waals surface area (Å²) in [5.41, 5.74) is 10.5. The molecule has 0 aromatic rings. The van der Waals surface area contributed by atoms with Gasteiger partial charge in [-0.1, -0.05) is 12.2 Å². The van der Waals surface area contributed by atoms with Crippen LogP contribution in [-0.4, -0.2) is 26.2 Å². The first kappa shape index (κ1) is 9.62. The Kier molecular flexibility index (Phi) is 8.29. The van der Waals surface area contributed by atoms with Gasteiger partial charge in [-0.05, 0) is 19.5 Å². The highest BCUT2D eigenvalue weighted by Crippen LogP contribution is 1.70. The molecule has 0 aliphatic rings. The minimum Gasteiger partial charge on any atom is -0.330 e. The van der Waals surface area contributed by atoms with Crippen LogP contribution in [0.5, 0.6) is 0 Å². The van der Waals surface area contributed by atoms with Gasteiger partial charge >= 0.3 is 0 Å². The van der Waals surface area contributed by atoms with Crippen LogP contribution in [0.3, 0.4) is 0 Å². The molecule has 0 amide bonds. The van der Waals surface area contributed by atoms with E-state index in [1.165, 1.54) is 0 Å². The van der Waals surface area contributed by atoms with Gasteiger partial charge in [0, 0.05) is 13.1 Å². The highest BCUT2D eigenvalue weighted by molar-refractivity contribution is 4.84. The predicted molar refractivity (Wildman–Crippen MR) is 44.7 cm³/mol. The zero-order chi connectivity index (χ0) is 7.66. The molecule has 0 heterocycles. The minimum absolute atomic E-state index is 0.624. The first-order valence-electron chi connectivity index (χ1n) is 3.67. The smallest absolute Gasteiger partial charge is 0.0135 e. The predicted octanol–water partition coefficient (Wildman–Crippen LogP) is -0.560. The largest absolute Gasteiger partial charge is 0.330 e. The standard InChI is InChI=1S/C7H17N3/c8-4-1-2-6-10-7-3-5-9/h1-2,10H,3-9H2/b2-1+. The van der Waals surface area contributed by atoms with Gasteiger partial charge in [0.15, 0.2) is 0 Å². The van der Waals surface area contributed by atoms with Crippen LogP contribution < -0.4 is 16.8 Å². The molecular weight excluding hydrogens is 126 g/mol. The number of nitrogens with two attached hydrogens (primary N) is 2. The third kappa shape index (κ3) is 7.62. The third-order valence-electron chi connectivity index (χ3n) is 1.12. The quantitative estimate of drug-likeness (QED) is 0.345. The minimum atomic E-state index is 0.624. The summed E-state index contributed by atoms with van der Waals surface area (Å²) in [5.74, 6) is 0. The van der Waals surface area contributed by atoms with Crippen LogP contribution in [-0.2, 0) is 0 Å². The molecule has 0 spiro atoms. The molecule has 0 aliphatic heterocycles. The van der Waals surface area contributed by atoms with Crippen molar-refractivity contribution in [2.24, 2.45) is 11.5 Å². The van der Waals surface area contributed by atoms with Gasteiger partial charge in [-0.2, -0.15) is 0 Å². The first-order chi connectivity index (χ1) is 4.91. The Morgan fingerprint density at radius 2 is 2.00 bits per heavy atom. The lowest BCUT2D eigenvalue weighted by molar-refractivity contribution is 0.699. The molecule has 0 aromatic carbocycles. The first-order valence-corrected chi connectivity index (χ1v) is 3.67. The highest BCUT2D eigenvalue weighted by Gasteiger charge is 1.80. The van der Waals surface area contributed by atoms with Crippen molar-refractivity contribution in [2.45, 2.75) is 6.42 Å². The van der Waals surface area contributed by atoms with Gasteiger partial charge in [-0.25, -0.2) is 0 Å². The van der Waals surface area contributed by atoms with Gasteiger partial charge in [0.25, 0.3) is 0 Å². The Morgan fingerprint density at radius 3 is 2.60 bits per heavy atom. The van der Waals surface area contributed by atoms with Crippen molar-refractivity contribution >= 4 is 0 Å². The van der Waals surface area contributed by atoms with E-state index >= 15 is 0 Å². The Balaban J connectivity index is 2.83. The van der Waals surface area contributed by atoms with Crippen molar-refractivity contribution in [3.05, 3.63) is 12.2 Å². The van der Waals surface area contributed by atoms with Gasteiger partial charge in [0.05, 0.1) is 0 Å². The molecule has 0 saturated carbocycles. The molecule has 0 aliphatic carbocycles. The Hall–Kier alpha value is -0.380. The van der Waals surface area contributed by atoms with E-state index in [0.29, 0.717) is 6.54 Å². The summed E-state index contributed by atoms with van der Waals surface area (Å²) in [6.07, 6.45) is 5.00. The maximum atomic E-state index is 5.29. The number of hydrogen-bond acceptors (Lipinski definition) is 3. The van der Waals surface area contributed by atoms with Crippen LogP contribution in [0.1, 0.15) is 6.42 Å². The second-order valence-corrected chi connectivity index (χ2v) is 2.05. The SMILES string of the molecule is NC/C=C/CNCCCN. The van der Waals surface area contributed by atoms with Crippen molar-refractivity contribution in [3.8, 4) is 0 Å². The fourth-order valence-electron chi connectivity index (χ4n) is 0.592. The van der Waals surface area contributed by atoms with E-state index in [4.69, 9.17) is 11.5 Å². The Labute approximate surface area is 62.5 Å². The van der Waals surface area contributed by atoms with E-state index in [0.717, 1.165) is 26.1 Å². The van der Waals surface area contributed by atoms with Crippen molar-refractivity contribution < 1.29 is 0 Å². The average Bonchev–Trinajstić information content (AvgIpc) is 1.97. The van der Waals surface area contributed by atoms with E-state index in [2.05, 4.69) is 5.32 Å².